The molecule has 1 saturated heterocycles. The Hall–Kier alpha value is -3.22. The fraction of sp³-hybridized carbons (Fsp3) is 0.333. The number of carboxylic acids is 1. The molecule has 0 saturated carbocycles. The minimum atomic E-state index is -0.964. The molecule has 1 aromatic carbocycles. The van der Waals surface area contributed by atoms with Crippen molar-refractivity contribution in [1.82, 2.24) is 15.0 Å². The number of carbonyl (C=O) groups excluding carboxylic acids is 1. The number of pyridine rings is 1. The molecule has 1 N–H and O–H groups in total. The van der Waals surface area contributed by atoms with Gasteiger partial charge in [-0.15, -0.1) is 0 Å². The lowest BCUT2D eigenvalue weighted by Gasteiger charge is -2.39. The minimum absolute atomic E-state index is 0.145. The number of nitrogens with zero attached hydrogens (tertiary/aromatic N) is 3. The molecule has 3 heterocycles. The number of carboxylic acid groups (broad SMARTS) is 1. The zero-order valence-corrected chi connectivity index (χ0v) is 15.8. The van der Waals surface area contributed by atoms with Crippen LogP contribution in [0.5, 0.6) is 0 Å². The Kier molecular flexibility index (Phi) is 4.37. The summed E-state index contributed by atoms with van der Waals surface area (Å²) in [7, 11) is 0. The summed E-state index contributed by atoms with van der Waals surface area (Å²) in [4.78, 5) is 31.3. The van der Waals surface area contributed by atoms with E-state index < -0.39 is 11.4 Å². The number of likely N-dealkylation sites (tertiary alicyclic amines) is 1. The van der Waals surface area contributed by atoms with Crippen LogP contribution in [0.1, 0.15) is 40.2 Å². The first-order chi connectivity index (χ1) is 13.4. The van der Waals surface area contributed by atoms with Crippen molar-refractivity contribution in [2.75, 3.05) is 13.1 Å². The van der Waals surface area contributed by atoms with Gasteiger partial charge in [-0.2, -0.15) is 0 Å². The van der Waals surface area contributed by atoms with Crippen molar-refractivity contribution in [3.63, 3.8) is 0 Å². The SMILES string of the molecule is Cc1cc(C(=O)N2CCC(C(=O)O)(c3ccccc3)CC2)c2c(C)noc2n1. The number of aryl methyl sites for hydroxylation is 2. The molecule has 28 heavy (non-hydrogen) atoms. The zero-order valence-electron chi connectivity index (χ0n) is 15.8. The molecule has 0 unspecified atom stereocenters. The Morgan fingerprint density at radius 1 is 1.14 bits per heavy atom. The number of aromatic nitrogens is 2. The summed E-state index contributed by atoms with van der Waals surface area (Å²) in [6.07, 6.45) is 0.738. The highest BCUT2D eigenvalue weighted by Crippen LogP contribution is 2.36. The lowest BCUT2D eigenvalue weighted by molar-refractivity contribution is -0.145. The van der Waals surface area contributed by atoms with Gasteiger partial charge in [-0.25, -0.2) is 4.98 Å². The summed E-state index contributed by atoms with van der Waals surface area (Å²) in [5.74, 6) is -0.989. The third-order valence-electron chi connectivity index (χ3n) is 5.62. The molecule has 144 valence electrons. The van der Waals surface area contributed by atoms with E-state index in [4.69, 9.17) is 4.52 Å². The largest absolute Gasteiger partial charge is 0.481 e. The second-order valence-electron chi connectivity index (χ2n) is 7.30. The molecule has 0 bridgehead atoms. The van der Waals surface area contributed by atoms with E-state index in [1.54, 1.807) is 24.8 Å². The van der Waals surface area contributed by atoms with E-state index >= 15 is 0 Å². The Morgan fingerprint density at radius 3 is 2.46 bits per heavy atom. The van der Waals surface area contributed by atoms with Crippen LogP contribution in [0.15, 0.2) is 40.9 Å². The lowest BCUT2D eigenvalue weighted by Crippen LogP contribution is -2.49. The van der Waals surface area contributed by atoms with Gasteiger partial charge in [-0.1, -0.05) is 35.5 Å². The number of fused-ring (bicyclic) bond motifs is 1. The van der Waals surface area contributed by atoms with E-state index in [-0.39, 0.29) is 5.91 Å². The molecule has 0 atom stereocenters. The van der Waals surface area contributed by atoms with E-state index in [0.29, 0.717) is 54.0 Å². The Morgan fingerprint density at radius 2 is 1.82 bits per heavy atom. The smallest absolute Gasteiger partial charge is 0.314 e. The summed E-state index contributed by atoms with van der Waals surface area (Å²) >= 11 is 0. The summed E-state index contributed by atoms with van der Waals surface area (Å²) in [6.45, 7) is 4.32. The molecule has 0 aliphatic carbocycles. The van der Waals surface area contributed by atoms with Gasteiger partial charge in [0.25, 0.3) is 11.6 Å². The minimum Gasteiger partial charge on any atom is -0.481 e. The third-order valence-corrected chi connectivity index (χ3v) is 5.62. The van der Waals surface area contributed by atoms with Gasteiger partial charge < -0.3 is 14.5 Å². The van der Waals surface area contributed by atoms with Gasteiger partial charge in [0.15, 0.2) is 0 Å². The Balaban J connectivity index is 1.63. The maximum atomic E-state index is 13.2. The zero-order chi connectivity index (χ0) is 19.9. The molecule has 1 aliphatic heterocycles. The second kappa shape index (κ2) is 6.74. The summed E-state index contributed by atoms with van der Waals surface area (Å²) < 4.78 is 5.22. The molecule has 3 aromatic rings. The van der Waals surface area contributed by atoms with Crippen LogP contribution in [0.25, 0.3) is 11.1 Å². The quantitative estimate of drug-likeness (QED) is 0.751. The van der Waals surface area contributed by atoms with Gasteiger partial charge in [0, 0.05) is 18.8 Å². The molecule has 0 radical (unpaired) electrons. The molecular weight excluding hydrogens is 358 g/mol. The van der Waals surface area contributed by atoms with Crippen molar-refractivity contribution in [3.8, 4) is 0 Å². The molecule has 1 amide bonds. The summed E-state index contributed by atoms with van der Waals surface area (Å²) in [5.41, 5.74) is 1.96. The number of rotatable bonds is 3. The van der Waals surface area contributed by atoms with Gasteiger partial charge in [-0.05, 0) is 38.3 Å². The van der Waals surface area contributed by atoms with E-state index in [1.165, 1.54) is 0 Å². The molecule has 0 spiro atoms. The van der Waals surface area contributed by atoms with E-state index in [0.717, 1.165) is 5.56 Å². The molecule has 2 aromatic heterocycles. The second-order valence-corrected chi connectivity index (χ2v) is 7.30. The van der Waals surface area contributed by atoms with Crippen LogP contribution in [0.4, 0.5) is 0 Å². The number of hydrogen-bond donors (Lipinski definition) is 1. The molecule has 1 aliphatic rings. The van der Waals surface area contributed by atoms with E-state index in [1.807, 2.05) is 30.3 Å². The summed E-state index contributed by atoms with van der Waals surface area (Å²) in [6, 6.07) is 11.0. The van der Waals surface area contributed by atoms with Gasteiger partial charge in [0.2, 0.25) is 0 Å². The predicted molar refractivity (Wildman–Crippen MR) is 102 cm³/mol. The monoisotopic (exact) mass is 379 g/mol. The number of hydrogen-bond acceptors (Lipinski definition) is 5. The highest BCUT2D eigenvalue weighted by atomic mass is 16.5. The van der Waals surface area contributed by atoms with Crippen molar-refractivity contribution in [2.24, 2.45) is 0 Å². The van der Waals surface area contributed by atoms with Crippen LogP contribution in [-0.4, -0.2) is 45.1 Å². The third kappa shape index (κ3) is 2.83. The Bertz CT molecular complexity index is 1050. The summed E-state index contributed by atoms with van der Waals surface area (Å²) in [5, 5.41) is 14.5. The van der Waals surface area contributed by atoms with Gasteiger partial charge in [0.05, 0.1) is 22.1 Å². The van der Waals surface area contributed by atoms with Gasteiger partial charge in [0.1, 0.15) is 0 Å². The number of amides is 1. The van der Waals surface area contributed by atoms with Crippen molar-refractivity contribution in [3.05, 3.63) is 58.9 Å². The molecule has 4 rings (SSSR count). The van der Waals surface area contributed by atoms with Gasteiger partial charge in [-0.3, -0.25) is 9.59 Å². The molecule has 1 fully saturated rings. The first-order valence-corrected chi connectivity index (χ1v) is 9.24. The van der Waals surface area contributed by atoms with Crippen LogP contribution in [0, 0.1) is 13.8 Å². The topological polar surface area (TPSA) is 96.5 Å². The average molecular weight is 379 g/mol. The molecular formula is C21H21N3O4. The average Bonchev–Trinajstić information content (AvgIpc) is 3.08. The van der Waals surface area contributed by atoms with Gasteiger partial charge >= 0.3 is 5.97 Å². The number of aliphatic carboxylic acids is 1. The van der Waals surface area contributed by atoms with Crippen molar-refractivity contribution in [1.29, 1.82) is 0 Å². The highest BCUT2D eigenvalue weighted by molar-refractivity contribution is 6.06. The number of carbonyl (C=O) groups is 2. The van der Waals surface area contributed by atoms with Crippen LogP contribution in [0.3, 0.4) is 0 Å². The van der Waals surface area contributed by atoms with Crippen molar-refractivity contribution >= 4 is 23.0 Å². The Labute approximate surface area is 162 Å². The molecule has 7 nitrogen and oxygen atoms in total. The van der Waals surface area contributed by atoms with E-state index in [9.17, 15) is 14.7 Å². The van der Waals surface area contributed by atoms with Crippen LogP contribution in [-0.2, 0) is 10.2 Å². The van der Waals surface area contributed by atoms with Crippen molar-refractivity contribution in [2.45, 2.75) is 32.1 Å². The van der Waals surface area contributed by atoms with Crippen molar-refractivity contribution < 1.29 is 19.2 Å². The van der Waals surface area contributed by atoms with Crippen LogP contribution >= 0.6 is 0 Å². The first kappa shape index (κ1) is 18.2. The fourth-order valence-corrected chi connectivity index (χ4v) is 4.03. The first-order valence-electron chi connectivity index (χ1n) is 9.24. The lowest BCUT2D eigenvalue weighted by atomic mass is 9.72. The highest BCUT2D eigenvalue weighted by Gasteiger charge is 2.44. The van der Waals surface area contributed by atoms with E-state index in [2.05, 4.69) is 10.1 Å². The molecule has 7 heteroatoms. The standard InChI is InChI=1S/C21H21N3O4/c1-13-12-16(17-14(2)23-28-18(17)22-13)19(25)24-10-8-21(9-11-24,20(26)27)15-6-4-3-5-7-15/h3-7,12H,8-11H2,1-2H3,(H,26,27). The maximum Gasteiger partial charge on any atom is 0.314 e. The normalized spacial score (nSPS) is 16.3. The number of benzene rings is 1. The predicted octanol–water partition coefficient (Wildman–Crippen LogP) is 3.10. The fourth-order valence-electron chi connectivity index (χ4n) is 4.03. The van der Waals surface area contributed by atoms with Crippen LogP contribution in [0.2, 0.25) is 0 Å². The number of piperidine rings is 1. The van der Waals surface area contributed by atoms with Crippen LogP contribution < -0.4 is 0 Å². The maximum absolute atomic E-state index is 13.2.